The van der Waals surface area contributed by atoms with Gasteiger partial charge in [0, 0.05) is 24.1 Å². The first-order valence-corrected chi connectivity index (χ1v) is 12.3. The third kappa shape index (κ3) is 5.27. The number of amides is 1. The summed E-state index contributed by atoms with van der Waals surface area (Å²) >= 11 is 3.47. The molecule has 1 aliphatic heterocycles. The standard InChI is InChI=1S/C26H30BrN3O4/c1-26(2,3)34-25(32)29-13-7-8-17(15-29)16-30-23(19-9-5-6-10-22(19)33-4)28-21-12-11-18(27)14-20(21)24(30)31/h5-6,9-12,14,17H,7-8,13,15-16H2,1-4H3. The number of carbonyl (C=O) groups excluding carboxylic acids is 1. The molecule has 0 N–H and O–H groups in total. The lowest BCUT2D eigenvalue weighted by molar-refractivity contribution is 0.0157. The number of aromatic nitrogens is 2. The highest BCUT2D eigenvalue weighted by Gasteiger charge is 2.29. The van der Waals surface area contributed by atoms with Crippen molar-refractivity contribution in [2.75, 3.05) is 20.2 Å². The van der Waals surface area contributed by atoms with Gasteiger partial charge in [0.15, 0.2) is 0 Å². The Morgan fingerprint density at radius 3 is 2.71 bits per heavy atom. The Labute approximate surface area is 207 Å². The van der Waals surface area contributed by atoms with Crippen LogP contribution >= 0.6 is 15.9 Å². The molecular formula is C26H30BrN3O4. The fraction of sp³-hybridized carbons (Fsp3) is 0.423. The van der Waals surface area contributed by atoms with Crippen LogP contribution in [0.5, 0.6) is 5.75 Å². The van der Waals surface area contributed by atoms with Crippen molar-refractivity contribution in [2.45, 2.75) is 45.8 Å². The van der Waals surface area contributed by atoms with Crippen LogP contribution in [0.15, 0.2) is 51.7 Å². The largest absolute Gasteiger partial charge is 0.496 e. The fourth-order valence-electron chi connectivity index (χ4n) is 4.36. The van der Waals surface area contributed by atoms with E-state index in [1.54, 1.807) is 22.6 Å². The van der Waals surface area contributed by atoms with Crippen LogP contribution in [0.25, 0.3) is 22.3 Å². The summed E-state index contributed by atoms with van der Waals surface area (Å²) in [6.45, 7) is 7.23. The van der Waals surface area contributed by atoms with Crippen molar-refractivity contribution >= 4 is 32.9 Å². The van der Waals surface area contributed by atoms with Crippen LogP contribution in [-0.2, 0) is 11.3 Å². The van der Waals surface area contributed by atoms with Gasteiger partial charge < -0.3 is 14.4 Å². The van der Waals surface area contributed by atoms with Gasteiger partial charge in [0.05, 0.1) is 23.6 Å². The highest BCUT2D eigenvalue weighted by molar-refractivity contribution is 9.10. The Hall–Kier alpha value is -2.87. The number of hydrogen-bond acceptors (Lipinski definition) is 5. The van der Waals surface area contributed by atoms with Gasteiger partial charge in [0.25, 0.3) is 5.56 Å². The molecule has 1 amide bonds. The highest BCUT2D eigenvalue weighted by Crippen LogP contribution is 2.30. The molecule has 0 aliphatic carbocycles. The van der Waals surface area contributed by atoms with Crippen molar-refractivity contribution < 1.29 is 14.3 Å². The Morgan fingerprint density at radius 1 is 1.21 bits per heavy atom. The third-order valence-electron chi connectivity index (χ3n) is 5.88. The zero-order valence-electron chi connectivity index (χ0n) is 20.0. The van der Waals surface area contributed by atoms with E-state index in [0.29, 0.717) is 42.1 Å². The van der Waals surface area contributed by atoms with Crippen molar-refractivity contribution in [3.05, 3.63) is 57.3 Å². The molecule has 0 radical (unpaired) electrons. The van der Waals surface area contributed by atoms with E-state index in [-0.39, 0.29) is 17.6 Å². The van der Waals surface area contributed by atoms with Gasteiger partial charge in [-0.3, -0.25) is 9.36 Å². The zero-order valence-corrected chi connectivity index (χ0v) is 21.6. The van der Waals surface area contributed by atoms with Crippen LogP contribution in [0.4, 0.5) is 4.79 Å². The molecule has 1 saturated heterocycles. The summed E-state index contributed by atoms with van der Waals surface area (Å²) in [6, 6.07) is 13.1. The monoisotopic (exact) mass is 527 g/mol. The van der Waals surface area contributed by atoms with Crippen LogP contribution in [0.3, 0.4) is 0 Å². The number of para-hydroxylation sites is 1. The Kier molecular flexibility index (Phi) is 6.98. The molecule has 2 heterocycles. The molecule has 1 aromatic heterocycles. The quantitative estimate of drug-likeness (QED) is 0.449. The number of piperidine rings is 1. The molecule has 1 aliphatic rings. The minimum Gasteiger partial charge on any atom is -0.496 e. The van der Waals surface area contributed by atoms with Crippen LogP contribution in [-0.4, -0.2) is 46.3 Å². The summed E-state index contributed by atoms with van der Waals surface area (Å²) in [5, 5.41) is 0.549. The number of rotatable bonds is 4. The van der Waals surface area contributed by atoms with Gasteiger partial charge in [0.1, 0.15) is 17.2 Å². The van der Waals surface area contributed by atoms with Crippen molar-refractivity contribution in [3.63, 3.8) is 0 Å². The predicted molar refractivity (Wildman–Crippen MR) is 136 cm³/mol. The number of fused-ring (bicyclic) bond motifs is 1. The second-order valence-electron chi connectivity index (χ2n) is 9.65. The van der Waals surface area contributed by atoms with E-state index < -0.39 is 5.60 Å². The first-order valence-electron chi connectivity index (χ1n) is 11.5. The molecule has 0 bridgehead atoms. The van der Waals surface area contributed by atoms with Crippen molar-refractivity contribution in [2.24, 2.45) is 5.92 Å². The lowest BCUT2D eigenvalue weighted by atomic mass is 9.98. The maximum Gasteiger partial charge on any atom is 0.410 e. The molecule has 1 fully saturated rings. The van der Waals surface area contributed by atoms with E-state index in [1.807, 2.05) is 57.2 Å². The van der Waals surface area contributed by atoms with E-state index in [1.165, 1.54) is 0 Å². The minimum atomic E-state index is -0.548. The summed E-state index contributed by atoms with van der Waals surface area (Å²) in [4.78, 5) is 33.0. The molecule has 0 spiro atoms. The predicted octanol–water partition coefficient (Wildman–Crippen LogP) is 5.48. The van der Waals surface area contributed by atoms with E-state index in [4.69, 9.17) is 14.5 Å². The molecule has 7 nitrogen and oxygen atoms in total. The number of nitrogens with zero attached hydrogens (tertiary/aromatic N) is 3. The molecule has 4 rings (SSSR count). The number of likely N-dealkylation sites (tertiary alicyclic amines) is 1. The molecule has 2 aromatic carbocycles. The smallest absolute Gasteiger partial charge is 0.410 e. The normalized spacial score (nSPS) is 16.5. The zero-order chi connectivity index (χ0) is 24.5. The van der Waals surface area contributed by atoms with Gasteiger partial charge >= 0.3 is 6.09 Å². The summed E-state index contributed by atoms with van der Waals surface area (Å²) in [5.41, 5.74) is 0.728. The van der Waals surface area contributed by atoms with Gasteiger partial charge in [-0.25, -0.2) is 9.78 Å². The average molecular weight is 528 g/mol. The summed E-state index contributed by atoms with van der Waals surface area (Å²) < 4.78 is 13.7. The van der Waals surface area contributed by atoms with E-state index in [9.17, 15) is 9.59 Å². The Bertz CT molecular complexity index is 1270. The lowest BCUT2D eigenvalue weighted by Crippen LogP contribution is -2.44. The van der Waals surface area contributed by atoms with Crippen LogP contribution in [0.1, 0.15) is 33.6 Å². The number of hydrogen-bond donors (Lipinski definition) is 0. The van der Waals surface area contributed by atoms with Crippen molar-refractivity contribution in [3.8, 4) is 17.1 Å². The first kappa shape index (κ1) is 24.3. The van der Waals surface area contributed by atoms with E-state index in [0.717, 1.165) is 22.9 Å². The third-order valence-corrected chi connectivity index (χ3v) is 6.37. The number of halogens is 1. The lowest BCUT2D eigenvalue weighted by Gasteiger charge is -2.34. The molecule has 1 unspecified atom stereocenters. The van der Waals surface area contributed by atoms with Crippen LogP contribution in [0.2, 0.25) is 0 Å². The Morgan fingerprint density at radius 2 is 1.97 bits per heavy atom. The van der Waals surface area contributed by atoms with Gasteiger partial charge in [-0.2, -0.15) is 0 Å². The van der Waals surface area contributed by atoms with Crippen molar-refractivity contribution in [1.29, 1.82) is 0 Å². The van der Waals surface area contributed by atoms with Crippen LogP contribution in [0, 0.1) is 5.92 Å². The summed E-state index contributed by atoms with van der Waals surface area (Å²) in [6.07, 6.45) is 1.46. The first-order chi connectivity index (χ1) is 16.2. The molecule has 34 heavy (non-hydrogen) atoms. The van der Waals surface area contributed by atoms with Gasteiger partial charge in [-0.05, 0) is 69.9 Å². The molecule has 3 aromatic rings. The highest BCUT2D eigenvalue weighted by atomic mass is 79.9. The van der Waals surface area contributed by atoms with E-state index in [2.05, 4.69) is 15.9 Å². The van der Waals surface area contributed by atoms with Gasteiger partial charge in [-0.1, -0.05) is 28.1 Å². The molecular weight excluding hydrogens is 498 g/mol. The summed E-state index contributed by atoms with van der Waals surface area (Å²) in [7, 11) is 1.61. The van der Waals surface area contributed by atoms with Crippen LogP contribution < -0.4 is 10.3 Å². The van der Waals surface area contributed by atoms with Crippen molar-refractivity contribution in [1.82, 2.24) is 14.5 Å². The number of methoxy groups -OCH3 is 1. The fourth-order valence-corrected chi connectivity index (χ4v) is 4.72. The molecule has 180 valence electrons. The SMILES string of the molecule is COc1ccccc1-c1nc2ccc(Br)cc2c(=O)n1CC1CCCN(C(=O)OC(C)(C)C)C1. The second-order valence-corrected chi connectivity index (χ2v) is 10.6. The average Bonchev–Trinajstić information content (AvgIpc) is 2.80. The molecule has 8 heteroatoms. The maximum absolute atomic E-state index is 13.7. The van der Waals surface area contributed by atoms with E-state index >= 15 is 0 Å². The maximum atomic E-state index is 13.7. The summed E-state index contributed by atoms with van der Waals surface area (Å²) in [5.74, 6) is 1.31. The number of ether oxygens (including phenoxy) is 2. The number of benzene rings is 2. The second kappa shape index (κ2) is 9.78. The molecule has 1 atom stereocenters. The van der Waals surface area contributed by atoms with Gasteiger partial charge in [0.2, 0.25) is 0 Å². The van der Waals surface area contributed by atoms with Gasteiger partial charge in [-0.15, -0.1) is 0 Å². The molecule has 0 saturated carbocycles. The Balaban J connectivity index is 1.74. The minimum absolute atomic E-state index is 0.0961. The number of carbonyl (C=O) groups is 1. The topological polar surface area (TPSA) is 73.7 Å².